The molecule has 1 atom stereocenters. The van der Waals surface area contributed by atoms with Crippen molar-refractivity contribution >= 4 is 29.7 Å². The Labute approximate surface area is 241 Å². The Morgan fingerprint density at radius 2 is 1.78 bits per heavy atom. The highest BCUT2D eigenvalue weighted by Crippen LogP contribution is 2.36. The van der Waals surface area contributed by atoms with Crippen LogP contribution in [0.2, 0.25) is 0 Å². The fourth-order valence-corrected chi connectivity index (χ4v) is 4.10. The molecule has 1 aliphatic heterocycles. The van der Waals surface area contributed by atoms with Gasteiger partial charge in [-0.05, 0) is 69.9 Å². The molecule has 0 radical (unpaired) electrons. The average molecular weight is 569 g/mol. The highest BCUT2D eigenvalue weighted by molar-refractivity contribution is 6.01. The lowest BCUT2D eigenvalue weighted by Gasteiger charge is -2.25. The van der Waals surface area contributed by atoms with Crippen LogP contribution in [0.25, 0.3) is 5.69 Å². The molecular formula is C31H42F2N6O2. The molecule has 1 fully saturated rings. The molecule has 0 bridgehead atoms. The molecule has 2 aromatic carbocycles. The summed E-state index contributed by atoms with van der Waals surface area (Å²) in [6, 6.07) is 9.78. The largest absolute Gasteiger partial charge is 0.398 e. The Kier molecular flexibility index (Phi) is 12.2. The molecule has 222 valence electrons. The van der Waals surface area contributed by atoms with Gasteiger partial charge in [-0.25, -0.2) is 8.78 Å². The Morgan fingerprint density at radius 1 is 1.12 bits per heavy atom. The number of amides is 1. The number of carbonyl (C=O) groups is 1. The fourth-order valence-electron chi connectivity index (χ4n) is 4.10. The van der Waals surface area contributed by atoms with Gasteiger partial charge in [0.1, 0.15) is 5.69 Å². The lowest BCUT2D eigenvalue weighted by Crippen LogP contribution is -2.23. The van der Waals surface area contributed by atoms with E-state index in [0.717, 1.165) is 59.7 Å². The Bertz CT molecular complexity index is 1380. The van der Waals surface area contributed by atoms with Gasteiger partial charge in [0.15, 0.2) is 11.6 Å². The Morgan fingerprint density at radius 3 is 2.34 bits per heavy atom. The maximum absolute atomic E-state index is 13.4. The van der Waals surface area contributed by atoms with Crippen molar-refractivity contribution in [3.8, 4) is 5.69 Å². The summed E-state index contributed by atoms with van der Waals surface area (Å²) in [6.07, 6.45) is 4.68. The molecule has 41 heavy (non-hydrogen) atoms. The molecule has 3 aromatic rings. The molecule has 0 saturated carbocycles. The van der Waals surface area contributed by atoms with Crippen LogP contribution >= 0.6 is 0 Å². The number of nitrogens with zero attached hydrogens (tertiary/aromatic N) is 4. The monoisotopic (exact) mass is 568 g/mol. The van der Waals surface area contributed by atoms with Gasteiger partial charge in [-0.3, -0.25) is 14.6 Å². The van der Waals surface area contributed by atoms with Crippen molar-refractivity contribution in [3.63, 3.8) is 0 Å². The number of hydrogen-bond donors (Lipinski definition) is 2. The van der Waals surface area contributed by atoms with Crippen LogP contribution in [0.3, 0.4) is 0 Å². The van der Waals surface area contributed by atoms with Gasteiger partial charge in [0.25, 0.3) is 5.56 Å². The van der Waals surface area contributed by atoms with E-state index in [1.54, 1.807) is 6.92 Å². The van der Waals surface area contributed by atoms with Crippen molar-refractivity contribution in [1.82, 2.24) is 9.78 Å². The number of anilines is 3. The van der Waals surface area contributed by atoms with Crippen molar-refractivity contribution < 1.29 is 13.6 Å². The molecule has 3 N–H and O–H groups in total. The zero-order chi connectivity index (χ0) is 30.7. The van der Waals surface area contributed by atoms with E-state index in [1.165, 1.54) is 18.2 Å². The standard InChI is InChI=1S/C18H28N4O.C11H8F2N2O.C2H6/c1-5-18(3,4)21-10-14-15(19)6-7-16(20-12-23)17(14)22-9-8-13(2)11-22;1-7-5-6-10(16)15(14-7)11-8(12)3-2-4-9(11)13;1-2/h6-7,10,12-13H,5,8-9,11,19H2,1-4H3,(H,20,23);2-6H,1H3;1-2H3/t13-;;/m0../s1. The van der Waals surface area contributed by atoms with Gasteiger partial charge >= 0.3 is 0 Å². The second-order valence-corrected chi connectivity index (χ2v) is 10.3. The summed E-state index contributed by atoms with van der Waals surface area (Å²) < 4.78 is 27.5. The minimum atomic E-state index is -0.819. The predicted octanol–water partition coefficient (Wildman–Crippen LogP) is 6.14. The van der Waals surface area contributed by atoms with Crippen LogP contribution in [-0.2, 0) is 4.79 Å². The van der Waals surface area contributed by atoms with Gasteiger partial charge in [-0.1, -0.05) is 33.8 Å². The second-order valence-electron chi connectivity index (χ2n) is 10.3. The van der Waals surface area contributed by atoms with E-state index in [0.29, 0.717) is 23.7 Å². The van der Waals surface area contributed by atoms with E-state index in [9.17, 15) is 18.4 Å². The maximum atomic E-state index is 13.4. The van der Waals surface area contributed by atoms with Gasteiger partial charge in [0, 0.05) is 36.6 Å². The molecule has 10 heteroatoms. The SMILES string of the molecule is CC.CCC(C)(C)N=Cc1c(N)ccc(NC=O)c1N1CC[C@H](C)C1.Cc1ccc(=O)n(-c2c(F)cccc2F)n1. The van der Waals surface area contributed by atoms with Gasteiger partial charge < -0.3 is 16.0 Å². The molecule has 1 saturated heterocycles. The highest BCUT2D eigenvalue weighted by atomic mass is 19.1. The number of rotatable bonds is 7. The normalized spacial score (nSPS) is 14.7. The maximum Gasteiger partial charge on any atom is 0.271 e. The Hall–Kier alpha value is -4.08. The summed E-state index contributed by atoms with van der Waals surface area (Å²) in [6.45, 7) is 16.1. The minimum Gasteiger partial charge on any atom is -0.398 e. The first-order valence-corrected chi connectivity index (χ1v) is 13.9. The molecular weight excluding hydrogens is 526 g/mol. The topological polar surface area (TPSA) is 106 Å². The van der Waals surface area contributed by atoms with Crippen LogP contribution in [0.1, 0.15) is 65.6 Å². The zero-order valence-electron chi connectivity index (χ0n) is 25.0. The molecule has 8 nitrogen and oxygen atoms in total. The number of hydrogen-bond acceptors (Lipinski definition) is 6. The molecule has 1 aliphatic rings. The molecule has 2 heterocycles. The first-order chi connectivity index (χ1) is 19.5. The third-order valence-electron chi connectivity index (χ3n) is 6.70. The van der Waals surface area contributed by atoms with Crippen molar-refractivity contribution in [2.45, 2.75) is 66.8 Å². The minimum absolute atomic E-state index is 0.129. The van der Waals surface area contributed by atoms with Crippen LogP contribution in [0.4, 0.5) is 25.8 Å². The fraction of sp³-hybridized carbons (Fsp3) is 0.419. The number of aromatic nitrogens is 2. The van der Waals surface area contributed by atoms with Gasteiger partial charge in [0.2, 0.25) is 6.41 Å². The summed E-state index contributed by atoms with van der Waals surface area (Å²) >= 11 is 0. The number of aliphatic imine (C=N–C) groups is 1. The third-order valence-corrected chi connectivity index (χ3v) is 6.70. The zero-order valence-corrected chi connectivity index (χ0v) is 25.0. The van der Waals surface area contributed by atoms with Crippen molar-refractivity contribution in [1.29, 1.82) is 0 Å². The number of benzene rings is 2. The van der Waals surface area contributed by atoms with E-state index in [4.69, 9.17) is 10.7 Å². The number of para-hydroxylation sites is 1. The van der Waals surface area contributed by atoms with Crippen LogP contribution in [0.5, 0.6) is 0 Å². The van der Waals surface area contributed by atoms with Crippen LogP contribution in [0, 0.1) is 24.5 Å². The number of nitrogen functional groups attached to an aromatic ring is 1. The average Bonchev–Trinajstić information content (AvgIpc) is 3.38. The molecule has 0 unspecified atom stereocenters. The van der Waals surface area contributed by atoms with Crippen molar-refractivity contribution in [2.24, 2.45) is 10.9 Å². The number of carbonyl (C=O) groups excluding carboxylic acids is 1. The molecule has 1 amide bonds. The van der Waals surface area contributed by atoms with E-state index < -0.39 is 22.9 Å². The number of aryl methyl sites for hydroxylation is 1. The smallest absolute Gasteiger partial charge is 0.271 e. The van der Waals surface area contributed by atoms with Gasteiger partial charge in [-0.15, -0.1) is 0 Å². The molecule has 0 spiro atoms. The highest BCUT2D eigenvalue weighted by Gasteiger charge is 2.25. The lowest BCUT2D eigenvalue weighted by molar-refractivity contribution is -0.105. The van der Waals surface area contributed by atoms with Crippen molar-refractivity contribution in [3.05, 3.63) is 75.7 Å². The van der Waals surface area contributed by atoms with Gasteiger partial charge in [0.05, 0.1) is 22.6 Å². The summed E-state index contributed by atoms with van der Waals surface area (Å²) in [5, 5.41) is 6.60. The van der Waals surface area contributed by atoms with E-state index in [2.05, 4.69) is 43.0 Å². The molecule has 4 rings (SSSR count). The number of nitrogens with two attached hydrogens (primary N) is 1. The molecule has 0 aliphatic carbocycles. The summed E-state index contributed by atoms with van der Waals surface area (Å²) in [7, 11) is 0. The summed E-state index contributed by atoms with van der Waals surface area (Å²) in [4.78, 5) is 29.4. The van der Waals surface area contributed by atoms with Crippen molar-refractivity contribution in [2.75, 3.05) is 29.0 Å². The predicted molar refractivity (Wildman–Crippen MR) is 164 cm³/mol. The second kappa shape index (κ2) is 15.1. The van der Waals surface area contributed by atoms with E-state index >= 15 is 0 Å². The number of nitrogens with one attached hydrogen (secondary N) is 1. The first-order valence-electron chi connectivity index (χ1n) is 13.9. The van der Waals surface area contributed by atoms with Crippen LogP contribution < -0.4 is 21.5 Å². The van der Waals surface area contributed by atoms with E-state index in [-0.39, 0.29) is 5.54 Å². The van der Waals surface area contributed by atoms with Gasteiger partial charge in [-0.2, -0.15) is 9.78 Å². The van der Waals surface area contributed by atoms with E-state index in [1.807, 2.05) is 32.2 Å². The third kappa shape index (κ3) is 8.70. The first kappa shape index (κ1) is 33.1. The Balaban J connectivity index is 0.000000285. The quantitative estimate of drug-likeness (QED) is 0.202. The van der Waals surface area contributed by atoms with Crippen LogP contribution in [0.15, 0.2) is 52.3 Å². The number of halogens is 2. The molecule has 1 aromatic heterocycles. The summed E-state index contributed by atoms with van der Waals surface area (Å²) in [5.41, 5.74) is 8.93. The lowest BCUT2D eigenvalue weighted by atomic mass is 10.0. The van der Waals surface area contributed by atoms with Crippen LogP contribution in [-0.4, -0.2) is 41.0 Å². The summed E-state index contributed by atoms with van der Waals surface area (Å²) in [5.74, 6) is -1.00.